The maximum absolute atomic E-state index is 12.3. The lowest BCUT2D eigenvalue weighted by Crippen LogP contribution is -2.34. The van der Waals surface area contributed by atoms with Crippen molar-refractivity contribution >= 4 is 5.97 Å². The Morgan fingerprint density at radius 2 is 1.52 bits per heavy atom. The minimum absolute atomic E-state index is 0.157. The molecule has 0 amide bonds. The van der Waals surface area contributed by atoms with Crippen LogP contribution in [-0.4, -0.2) is 5.97 Å². The SMILES string of the molecule is CC(OC(=O)c1ccccc1)c1ccc2c(c1)C(C)(C)CCC2(C)C. The summed E-state index contributed by atoms with van der Waals surface area (Å²) < 4.78 is 5.69. The van der Waals surface area contributed by atoms with Crippen LogP contribution in [0.4, 0.5) is 0 Å². The van der Waals surface area contributed by atoms with E-state index in [9.17, 15) is 4.79 Å². The average Bonchev–Trinajstić information content (AvgIpc) is 2.59. The summed E-state index contributed by atoms with van der Waals surface area (Å²) in [5.41, 5.74) is 4.83. The smallest absolute Gasteiger partial charge is 0.338 e. The number of esters is 1. The summed E-state index contributed by atoms with van der Waals surface area (Å²) in [6.45, 7) is 11.2. The fraction of sp³-hybridized carbons (Fsp3) is 0.435. The Morgan fingerprint density at radius 3 is 2.16 bits per heavy atom. The molecule has 2 nitrogen and oxygen atoms in total. The predicted octanol–water partition coefficient (Wildman–Crippen LogP) is 5.95. The van der Waals surface area contributed by atoms with E-state index in [0.717, 1.165) is 5.56 Å². The second kappa shape index (κ2) is 6.33. The lowest BCUT2D eigenvalue weighted by Gasteiger charge is -2.42. The van der Waals surface area contributed by atoms with Gasteiger partial charge in [-0.25, -0.2) is 4.79 Å². The molecule has 25 heavy (non-hydrogen) atoms. The molecule has 2 heteroatoms. The van der Waals surface area contributed by atoms with Crippen LogP contribution in [0.15, 0.2) is 48.5 Å². The third-order valence-corrected chi connectivity index (χ3v) is 5.64. The summed E-state index contributed by atoms with van der Waals surface area (Å²) in [4.78, 5) is 12.3. The Labute approximate surface area is 151 Å². The van der Waals surface area contributed by atoms with Gasteiger partial charge in [-0.3, -0.25) is 0 Å². The molecule has 0 radical (unpaired) electrons. The van der Waals surface area contributed by atoms with E-state index >= 15 is 0 Å². The molecule has 0 saturated carbocycles. The van der Waals surface area contributed by atoms with Crippen molar-refractivity contribution in [3.05, 3.63) is 70.8 Å². The molecule has 1 aliphatic rings. The van der Waals surface area contributed by atoms with Crippen LogP contribution in [0.5, 0.6) is 0 Å². The van der Waals surface area contributed by atoms with Crippen molar-refractivity contribution in [3.8, 4) is 0 Å². The maximum atomic E-state index is 12.3. The van der Waals surface area contributed by atoms with Crippen LogP contribution in [0.1, 0.15) is 80.6 Å². The second-order valence-electron chi connectivity index (χ2n) is 8.49. The molecule has 0 saturated heterocycles. The predicted molar refractivity (Wildman–Crippen MR) is 102 cm³/mol. The first-order valence-electron chi connectivity index (χ1n) is 9.12. The molecular weight excluding hydrogens is 308 g/mol. The van der Waals surface area contributed by atoms with Gasteiger partial charge in [-0.2, -0.15) is 0 Å². The van der Waals surface area contributed by atoms with Gasteiger partial charge in [-0.1, -0.05) is 64.1 Å². The molecule has 0 spiro atoms. The summed E-state index contributed by atoms with van der Waals surface area (Å²) in [7, 11) is 0. The van der Waals surface area contributed by atoms with Crippen molar-refractivity contribution < 1.29 is 9.53 Å². The number of ether oxygens (including phenoxy) is 1. The molecule has 0 N–H and O–H groups in total. The van der Waals surface area contributed by atoms with Gasteiger partial charge in [0.2, 0.25) is 0 Å². The number of carbonyl (C=O) groups is 1. The number of fused-ring (bicyclic) bond motifs is 1. The van der Waals surface area contributed by atoms with E-state index in [2.05, 4.69) is 45.9 Å². The van der Waals surface area contributed by atoms with E-state index in [-0.39, 0.29) is 22.9 Å². The molecule has 1 aliphatic carbocycles. The zero-order valence-corrected chi connectivity index (χ0v) is 15.9. The van der Waals surface area contributed by atoms with Crippen molar-refractivity contribution in [2.24, 2.45) is 0 Å². The lowest BCUT2D eigenvalue weighted by atomic mass is 9.63. The first kappa shape index (κ1) is 17.7. The van der Waals surface area contributed by atoms with Gasteiger partial charge in [0.1, 0.15) is 6.10 Å². The van der Waals surface area contributed by atoms with Crippen LogP contribution in [0.25, 0.3) is 0 Å². The fourth-order valence-corrected chi connectivity index (χ4v) is 3.73. The van der Waals surface area contributed by atoms with Crippen molar-refractivity contribution in [1.29, 1.82) is 0 Å². The number of hydrogen-bond donors (Lipinski definition) is 0. The molecule has 0 aliphatic heterocycles. The maximum Gasteiger partial charge on any atom is 0.338 e. The third kappa shape index (κ3) is 3.49. The Morgan fingerprint density at radius 1 is 0.920 bits per heavy atom. The van der Waals surface area contributed by atoms with E-state index < -0.39 is 0 Å². The highest BCUT2D eigenvalue weighted by molar-refractivity contribution is 5.89. The van der Waals surface area contributed by atoms with Gasteiger partial charge >= 0.3 is 5.97 Å². The summed E-state index contributed by atoms with van der Waals surface area (Å²) in [5, 5.41) is 0. The van der Waals surface area contributed by atoms with Gasteiger partial charge in [0.15, 0.2) is 0 Å². The van der Waals surface area contributed by atoms with Crippen molar-refractivity contribution in [2.75, 3.05) is 0 Å². The van der Waals surface area contributed by atoms with Crippen LogP contribution in [0.2, 0.25) is 0 Å². The number of rotatable bonds is 3. The second-order valence-corrected chi connectivity index (χ2v) is 8.49. The molecule has 2 aromatic rings. The van der Waals surface area contributed by atoms with Crippen LogP contribution < -0.4 is 0 Å². The van der Waals surface area contributed by atoms with Crippen molar-refractivity contribution in [2.45, 2.75) is 64.4 Å². The van der Waals surface area contributed by atoms with Gasteiger partial charge < -0.3 is 4.74 Å². The van der Waals surface area contributed by atoms with Crippen LogP contribution in [0.3, 0.4) is 0 Å². The Kier molecular flexibility index (Phi) is 4.49. The van der Waals surface area contributed by atoms with Crippen molar-refractivity contribution in [1.82, 2.24) is 0 Å². The lowest BCUT2D eigenvalue weighted by molar-refractivity contribution is 0.0337. The summed E-state index contributed by atoms with van der Waals surface area (Å²) in [5.74, 6) is -0.273. The monoisotopic (exact) mass is 336 g/mol. The summed E-state index contributed by atoms with van der Waals surface area (Å²) in [6, 6.07) is 15.8. The normalized spacial score (nSPS) is 18.9. The fourth-order valence-electron chi connectivity index (χ4n) is 3.73. The molecule has 0 bridgehead atoms. The molecule has 3 rings (SSSR count). The zero-order valence-electron chi connectivity index (χ0n) is 15.9. The molecule has 1 unspecified atom stereocenters. The third-order valence-electron chi connectivity index (χ3n) is 5.64. The summed E-state index contributed by atoms with van der Waals surface area (Å²) >= 11 is 0. The van der Waals surface area contributed by atoms with E-state index in [1.54, 1.807) is 12.1 Å². The standard InChI is InChI=1S/C23H28O2/c1-16(25-21(24)17-9-7-6-8-10-17)18-11-12-19-20(15-18)23(4,5)14-13-22(19,2)3/h6-12,15-16H,13-14H2,1-5H3. The molecule has 0 aromatic heterocycles. The Hall–Kier alpha value is -2.09. The van der Waals surface area contributed by atoms with E-state index in [1.165, 1.54) is 24.0 Å². The van der Waals surface area contributed by atoms with Crippen molar-refractivity contribution in [3.63, 3.8) is 0 Å². The van der Waals surface area contributed by atoms with Crippen LogP contribution >= 0.6 is 0 Å². The topological polar surface area (TPSA) is 26.3 Å². The largest absolute Gasteiger partial charge is 0.454 e. The van der Waals surface area contributed by atoms with Crippen LogP contribution in [-0.2, 0) is 15.6 Å². The van der Waals surface area contributed by atoms with Gasteiger partial charge in [-0.05, 0) is 59.4 Å². The minimum atomic E-state index is -0.273. The Balaban J connectivity index is 1.87. The molecule has 0 heterocycles. The first-order valence-corrected chi connectivity index (χ1v) is 9.12. The summed E-state index contributed by atoms with van der Waals surface area (Å²) in [6.07, 6.45) is 2.11. The zero-order chi connectivity index (χ0) is 18.2. The molecular formula is C23H28O2. The molecule has 132 valence electrons. The number of hydrogen-bond acceptors (Lipinski definition) is 2. The average molecular weight is 336 g/mol. The number of benzene rings is 2. The Bertz CT molecular complexity index is 772. The highest BCUT2D eigenvalue weighted by atomic mass is 16.5. The van der Waals surface area contributed by atoms with Gasteiger partial charge in [-0.15, -0.1) is 0 Å². The molecule has 0 fully saturated rings. The molecule has 1 atom stereocenters. The van der Waals surface area contributed by atoms with E-state index in [1.807, 2.05) is 25.1 Å². The molecule has 2 aromatic carbocycles. The number of carbonyl (C=O) groups excluding carboxylic acids is 1. The van der Waals surface area contributed by atoms with E-state index in [4.69, 9.17) is 4.74 Å². The minimum Gasteiger partial charge on any atom is -0.454 e. The van der Waals surface area contributed by atoms with Gasteiger partial charge in [0.25, 0.3) is 0 Å². The van der Waals surface area contributed by atoms with Crippen LogP contribution in [0, 0.1) is 0 Å². The van der Waals surface area contributed by atoms with Gasteiger partial charge in [0, 0.05) is 0 Å². The highest BCUT2D eigenvalue weighted by Gasteiger charge is 2.37. The van der Waals surface area contributed by atoms with E-state index in [0.29, 0.717) is 5.56 Å². The van der Waals surface area contributed by atoms with Gasteiger partial charge in [0.05, 0.1) is 5.56 Å². The quantitative estimate of drug-likeness (QED) is 0.647. The highest BCUT2D eigenvalue weighted by Crippen LogP contribution is 2.46. The first-order chi connectivity index (χ1) is 11.7.